The molecule has 1 atom stereocenters. The normalized spacial score (nSPS) is 11.9. The van der Waals surface area contributed by atoms with E-state index in [-0.39, 0.29) is 16.7 Å². The van der Waals surface area contributed by atoms with Crippen LogP contribution in [0.15, 0.2) is 18.2 Å². The Morgan fingerprint density at radius 2 is 2.20 bits per heavy atom. The minimum Gasteiger partial charge on any atom is -0.487 e. The zero-order valence-electron chi connectivity index (χ0n) is 12.2. The van der Waals surface area contributed by atoms with E-state index in [0.29, 0.717) is 18.0 Å². The molecule has 1 N–H and O–H groups in total. The number of hydrogen-bond acceptors (Lipinski definition) is 5. The molecule has 1 aromatic carbocycles. The van der Waals surface area contributed by atoms with Gasteiger partial charge in [-0.15, -0.1) is 0 Å². The molecule has 0 radical (unpaired) electrons. The number of thioether (sulfide) groups is 1. The third-order valence-corrected chi connectivity index (χ3v) is 3.60. The van der Waals surface area contributed by atoms with Crippen molar-refractivity contribution in [3.63, 3.8) is 0 Å². The number of nitro benzene ring substituents is 1. The molecule has 0 saturated heterocycles. The number of para-hydroxylation sites is 1. The molecule has 0 saturated carbocycles. The summed E-state index contributed by atoms with van der Waals surface area (Å²) in [6.07, 6.45) is 3.76. The molecule has 0 amide bonds. The first kappa shape index (κ1) is 16.6. The van der Waals surface area contributed by atoms with Crippen molar-refractivity contribution in [2.45, 2.75) is 32.7 Å². The maximum atomic E-state index is 11.3. The quantitative estimate of drug-likeness (QED) is 0.552. The number of nitrogens with one attached hydrogen (secondary N) is 1. The minimum absolute atomic E-state index is 0.0282. The Balaban J connectivity index is 3.02. The zero-order valence-corrected chi connectivity index (χ0v) is 13.0. The lowest BCUT2D eigenvalue weighted by Crippen LogP contribution is -2.21. The van der Waals surface area contributed by atoms with E-state index in [2.05, 4.69) is 12.2 Å². The molecule has 6 heteroatoms. The standard InChI is InChI=1S/C14H22N2O3S/c1-4-9-19-13-8-6-7-12(14(13)16(17)18)15-11(5-2)10-20-3/h6-8,11,15H,4-5,9-10H2,1-3H3. The molecule has 0 spiro atoms. The molecule has 1 unspecified atom stereocenters. The van der Waals surface area contributed by atoms with Gasteiger partial charge in [0.1, 0.15) is 5.69 Å². The maximum Gasteiger partial charge on any atom is 0.333 e. The highest BCUT2D eigenvalue weighted by molar-refractivity contribution is 7.98. The van der Waals surface area contributed by atoms with E-state index in [9.17, 15) is 10.1 Å². The van der Waals surface area contributed by atoms with E-state index in [1.165, 1.54) is 0 Å². The fraction of sp³-hybridized carbons (Fsp3) is 0.571. The first-order valence-corrected chi connectivity index (χ1v) is 8.19. The van der Waals surface area contributed by atoms with E-state index < -0.39 is 0 Å². The predicted molar refractivity (Wildman–Crippen MR) is 85.0 cm³/mol. The second-order valence-electron chi connectivity index (χ2n) is 4.46. The molecule has 0 fully saturated rings. The summed E-state index contributed by atoms with van der Waals surface area (Å²) in [4.78, 5) is 10.9. The first-order valence-electron chi connectivity index (χ1n) is 6.79. The second kappa shape index (κ2) is 8.68. The summed E-state index contributed by atoms with van der Waals surface area (Å²) < 4.78 is 5.48. The van der Waals surface area contributed by atoms with Crippen LogP contribution in [0, 0.1) is 10.1 Å². The van der Waals surface area contributed by atoms with Gasteiger partial charge in [0.05, 0.1) is 11.5 Å². The van der Waals surface area contributed by atoms with E-state index in [4.69, 9.17) is 4.74 Å². The number of hydrogen-bond donors (Lipinski definition) is 1. The SMILES string of the molecule is CCCOc1cccc(NC(CC)CSC)c1[N+](=O)[O-]. The predicted octanol–water partition coefficient (Wildman–Crippen LogP) is 3.94. The van der Waals surface area contributed by atoms with Gasteiger partial charge in [0.25, 0.3) is 0 Å². The Morgan fingerprint density at radius 1 is 1.45 bits per heavy atom. The summed E-state index contributed by atoms with van der Waals surface area (Å²) in [5.41, 5.74) is 0.560. The van der Waals surface area contributed by atoms with Crippen molar-refractivity contribution in [3.8, 4) is 5.75 Å². The van der Waals surface area contributed by atoms with Crippen LogP contribution in [0.2, 0.25) is 0 Å². The number of benzene rings is 1. The molecular weight excluding hydrogens is 276 g/mol. The van der Waals surface area contributed by atoms with Crippen LogP contribution >= 0.6 is 11.8 Å². The van der Waals surface area contributed by atoms with Crippen molar-refractivity contribution in [3.05, 3.63) is 28.3 Å². The third kappa shape index (κ3) is 4.59. The Labute approximate surface area is 124 Å². The van der Waals surface area contributed by atoms with Crippen molar-refractivity contribution < 1.29 is 9.66 Å². The Morgan fingerprint density at radius 3 is 2.75 bits per heavy atom. The molecular formula is C14H22N2O3S. The fourth-order valence-electron chi connectivity index (χ4n) is 1.84. The van der Waals surface area contributed by atoms with E-state index in [0.717, 1.165) is 18.6 Å². The lowest BCUT2D eigenvalue weighted by atomic mass is 10.2. The van der Waals surface area contributed by atoms with Gasteiger partial charge in [0, 0.05) is 11.8 Å². The monoisotopic (exact) mass is 298 g/mol. The molecule has 0 bridgehead atoms. The zero-order chi connectivity index (χ0) is 15.0. The summed E-state index contributed by atoms with van der Waals surface area (Å²) in [5.74, 6) is 1.24. The molecule has 0 aliphatic heterocycles. The van der Waals surface area contributed by atoms with Crippen LogP contribution < -0.4 is 10.1 Å². The number of nitro groups is 1. The number of ether oxygens (including phenoxy) is 1. The van der Waals surface area contributed by atoms with Crippen LogP contribution in [0.25, 0.3) is 0 Å². The molecule has 0 heterocycles. The first-order chi connectivity index (χ1) is 9.63. The second-order valence-corrected chi connectivity index (χ2v) is 5.37. The van der Waals surface area contributed by atoms with Crippen LogP contribution in [-0.4, -0.2) is 29.6 Å². The topological polar surface area (TPSA) is 64.4 Å². The van der Waals surface area contributed by atoms with Crippen molar-refractivity contribution in [1.29, 1.82) is 0 Å². The van der Waals surface area contributed by atoms with Crippen molar-refractivity contribution in [1.82, 2.24) is 0 Å². The smallest absolute Gasteiger partial charge is 0.333 e. The molecule has 0 aromatic heterocycles. The Bertz CT molecular complexity index is 440. The van der Waals surface area contributed by atoms with E-state index in [1.807, 2.05) is 13.2 Å². The van der Waals surface area contributed by atoms with Gasteiger partial charge in [-0.25, -0.2) is 0 Å². The van der Waals surface area contributed by atoms with Crippen molar-refractivity contribution in [2.75, 3.05) is 23.9 Å². The van der Waals surface area contributed by atoms with Gasteiger partial charge in [0.15, 0.2) is 5.75 Å². The van der Waals surface area contributed by atoms with E-state index >= 15 is 0 Å². The average Bonchev–Trinajstić information content (AvgIpc) is 2.44. The fourth-order valence-corrected chi connectivity index (χ4v) is 2.56. The molecule has 20 heavy (non-hydrogen) atoms. The average molecular weight is 298 g/mol. The van der Waals surface area contributed by atoms with Crippen molar-refractivity contribution in [2.24, 2.45) is 0 Å². The Kier molecular flexibility index (Phi) is 7.22. The lowest BCUT2D eigenvalue weighted by Gasteiger charge is -2.18. The van der Waals surface area contributed by atoms with Gasteiger partial charge in [-0.2, -0.15) is 11.8 Å². The van der Waals surface area contributed by atoms with Crippen molar-refractivity contribution >= 4 is 23.1 Å². The van der Waals surface area contributed by atoms with Crippen LogP contribution in [0.3, 0.4) is 0 Å². The van der Waals surface area contributed by atoms with Gasteiger partial charge < -0.3 is 10.1 Å². The number of nitrogens with zero attached hydrogens (tertiary/aromatic N) is 1. The van der Waals surface area contributed by atoms with Gasteiger partial charge in [-0.3, -0.25) is 10.1 Å². The highest BCUT2D eigenvalue weighted by Gasteiger charge is 2.22. The third-order valence-electron chi connectivity index (χ3n) is 2.86. The van der Waals surface area contributed by atoms with Crippen LogP contribution in [0.1, 0.15) is 26.7 Å². The van der Waals surface area contributed by atoms with Gasteiger partial charge in [0.2, 0.25) is 0 Å². The molecule has 1 aromatic rings. The van der Waals surface area contributed by atoms with Crippen LogP contribution in [-0.2, 0) is 0 Å². The van der Waals surface area contributed by atoms with Gasteiger partial charge >= 0.3 is 5.69 Å². The summed E-state index contributed by atoms with van der Waals surface area (Å²) in [5, 5.41) is 14.6. The van der Waals surface area contributed by atoms with E-state index in [1.54, 1.807) is 30.0 Å². The highest BCUT2D eigenvalue weighted by Crippen LogP contribution is 2.35. The molecule has 5 nitrogen and oxygen atoms in total. The lowest BCUT2D eigenvalue weighted by molar-refractivity contribution is -0.385. The summed E-state index contributed by atoms with van der Waals surface area (Å²) >= 11 is 1.72. The van der Waals surface area contributed by atoms with Gasteiger partial charge in [-0.1, -0.05) is 19.9 Å². The molecule has 0 aliphatic rings. The van der Waals surface area contributed by atoms with Crippen LogP contribution in [0.4, 0.5) is 11.4 Å². The summed E-state index contributed by atoms with van der Waals surface area (Å²) in [7, 11) is 0. The number of rotatable bonds is 9. The molecule has 1 rings (SSSR count). The Hall–Kier alpha value is -1.43. The number of anilines is 1. The largest absolute Gasteiger partial charge is 0.487 e. The minimum atomic E-state index is -0.376. The summed E-state index contributed by atoms with van der Waals surface area (Å²) in [6, 6.07) is 5.38. The molecule has 0 aliphatic carbocycles. The highest BCUT2D eigenvalue weighted by atomic mass is 32.2. The summed E-state index contributed by atoms with van der Waals surface area (Å²) in [6.45, 7) is 4.52. The molecule has 112 valence electrons. The van der Waals surface area contributed by atoms with Gasteiger partial charge in [-0.05, 0) is 31.2 Å². The maximum absolute atomic E-state index is 11.3. The van der Waals surface area contributed by atoms with Crippen LogP contribution in [0.5, 0.6) is 5.75 Å².